The third kappa shape index (κ3) is 2.37. The van der Waals surface area contributed by atoms with Gasteiger partial charge in [-0.05, 0) is 23.7 Å². The molecule has 9 heteroatoms. The number of H-pyrrole nitrogens is 1. The molecule has 0 radical (unpaired) electrons. The van der Waals surface area contributed by atoms with Crippen LogP contribution in [0.2, 0.25) is 15.3 Å². The van der Waals surface area contributed by atoms with E-state index in [1.165, 1.54) is 6.33 Å². The quantitative estimate of drug-likeness (QED) is 0.690. The van der Waals surface area contributed by atoms with Crippen molar-refractivity contribution in [2.45, 2.75) is 0 Å². The van der Waals surface area contributed by atoms with Gasteiger partial charge in [-0.2, -0.15) is 9.97 Å². The molecule has 102 valence electrons. The number of nitrogens with zero attached hydrogens (tertiary/aromatic N) is 3. The van der Waals surface area contributed by atoms with Crippen LogP contribution in [0.25, 0.3) is 11.2 Å². The number of rotatable bonds is 2. The number of benzene rings is 1. The van der Waals surface area contributed by atoms with Crippen molar-refractivity contribution in [2.75, 3.05) is 5.32 Å². The van der Waals surface area contributed by atoms with E-state index >= 15 is 0 Å². The van der Waals surface area contributed by atoms with Crippen LogP contribution < -0.4 is 5.32 Å². The van der Waals surface area contributed by atoms with Crippen molar-refractivity contribution in [1.29, 1.82) is 0 Å². The second kappa shape index (κ2) is 5.05. The number of hydrogen-bond donors (Lipinski definition) is 2. The third-order valence-electron chi connectivity index (χ3n) is 2.51. The molecule has 0 amide bonds. The van der Waals surface area contributed by atoms with E-state index in [0.717, 1.165) is 12.1 Å². The molecule has 3 rings (SSSR count). The summed E-state index contributed by atoms with van der Waals surface area (Å²) in [5.74, 6) is -0.189. The molecule has 0 aliphatic heterocycles. The number of nitrogens with one attached hydrogen (secondary N) is 2. The Morgan fingerprint density at radius 1 is 1.10 bits per heavy atom. The summed E-state index contributed by atoms with van der Waals surface area (Å²) in [5, 5.41) is 3.16. The smallest absolute Gasteiger partial charge is 0.226 e. The van der Waals surface area contributed by atoms with Crippen LogP contribution in [0.4, 0.5) is 15.9 Å². The molecule has 0 fully saturated rings. The lowest BCUT2D eigenvalue weighted by Gasteiger charge is -2.10. The van der Waals surface area contributed by atoms with Gasteiger partial charge in [0.25, 0.3) is 0 Å². The Bertz CT molecular complexity index is 781. The van der Waals surface area contributed by atoms with Gasteiger partial charge in [0.15, 0.2) is 11.5 Å². The molecule has 0 unspecified atom stereocenters. The number of aromatic nitrogens is 4. The van der Waals surface area contributed by atoms with Gasteiger partial charge in [-0.1, -0.05) is 23.2 Å². The zero-order chi connectivity index (χ0) is 14.3. The van der Waals surface area contributed by atoms with Crippen LogP contribution in [-0.2, 0) is 0 Å². The monoisotopic (exact) mass is 331 g/mol. The minimum atomic E-state index is -0.530. The van der Waals surface area contributed by atoms with Crippen molar-refractivity contribution in [3.8, 4) is 0 Å². The molecule has 0 aliphatic carbocycles. The van der Waals surface area contributed by atoms with E-state index in [1.54, 1.807) is 0 Å². The summed E-state index contributed by atoms with van der Waals surface area (Å²) < 4.78 is 13.2. The first-order chi connectivity index (χ1) is 9.54. The standard InChI is InChI=1S/C11H5Cl3FN5/c12-5-1-4(15)2-6(13)7(5)18-10-8-9(17-3-16-8)19-11(14)20-10/h1-3H,(H2,16,17,18,19,20). The van der Waals surface area contributed by atoms with E-state index in [-0.39, 0.29) is 15.3 Å². The number of halogens is 4. The molecule has 2 N–H and O–H groups in total. The van der Waals surface area contributed by atoms with Gasteiger partial charge in [-0.3, -0.25) is 0 Å². The van der Waals surface area contributed by atoms with E-state index in [4.69, 9.17) is 34.8 Å². The van der Waals surface area contributed by atoms with Crippen molar-refractivity contribution < 1.29 is 4.39 Å². The summed E-state index contributed by atoms with van der Waals surface area (Å²) >= 11 is 17.7. The van der Waals surface area contributed by atoms with Crippen LogP contribution in [0.5, 0.6) is 0 Å². The first-order valence-electron chi connectivity index (χ1n) is 5.33. The largest absolute Gasteiger partial charge is 0.340 e. The van der Waals surface area contributed by atoms with Gasteiger partial charge >= 0.3 is 0 Å². The molecule has 0 bridgehead atoms. The topological polar surface area (TPSA) is 66.5 Å². The second-order valence-electron chi connectivity index (χ2n) is 3.81. The number of fused-ring (bicyclic) bond motifs is 1. The highest BCUT2D eigenvalue weighted by Gasteiger charge is 2.14. The molecule has 0 aliphatic rings. The van der Waals surface area contributed by atoms with Gasteiger partial charge in [-0.15, -0.1) is 0 Å². The fraction of sp³-hybridized carbons (Fsp3) is 0. The Kier molecular flexibility index (Phi) is 3.37. The van der Waals surface area contributed by atoms with Gasteiger partial charge in [0.05, 0.1) is 22.1 Å². The highest BCUT2D eigenvalue weighted by atomic mass is 35.5. The normalized spacial score (nSPS) is 11.0. The first kappa shape index (κ1) is 13.4. The highest BCUT2D eigenvalue weighted by molar-refractivity contribution is 6.39. The summed E-state index contributed by atoms with van der Waals surface area (Å²) in [6, 6.07) is 2.28. The maximum atomic E-state index is 13.2. The van der Waals surface area contributed by atoms with Gasteiger partial charge < -0.3 is 10.3 Å². The third-order valence-corrected chi connectivity index (χ3v) is 3.27. The minimum absolute atomic E-state index is 0.0152. The van der Waals surface area contributed by atoms with E-state index in [2.05, 4.69) is 25.3 Å². The molecule has 2 heterocycles. The summed E-state index contributed by atoms with van der Waals surface area (Å²) in [7, 11) is 0. The molecule has 0 saturated carbocycles. The molecular weight excluding hydrogens is 328 g/mol. The molecule has 3 aromatic rings. The van der Waals surface area contributed by atoms with Crippen molar-refractivity contribution >= 4 is 57.5 Å². The number of hydrogen-bond acceptors (Lipinski definition) is 4. The van der Waals surface area contributed by atoms with Crippen LogP contribution in [0.15, 0.2) is 18.5 Å². The Hall–Kier alpha value is -1.63. The zero-order valence-corrected chi connectivity index (χ0v) is 11.9. The molecule has 0 saturated heterocycles. The lowest BCUT2D eigenvalue weighted by atomic mass is 10.3. The lowest BCUT2D eigenvalue weighted by molar-refractivity contribution is 0.628. The van der Waals surface area contributed by atoms with Gasteiger partial charge in [0, 0.05) is 0 Å². The fourth-order valence-electron chi connectivity index (χ4n) is 1.68. The van der Waals surface area contributed by atoms with Crippen molar-refractivity contribution in [3.63, 3.8) is 0 Å². The molecular formula is C11H5Cl3FN5. The van der Waals surface area contributed by atoms with E-state index in [0.29, 0.717) is 22.7 Å². The van der Waals surface area contributed by atoms with E-state index < -0.39 is 5.82 Å². The predicted octanol–water partition coefficient (Wildman–Crippen LogP) is 4.20. The van der Waals surface area contributed by atoms with Crippen LogP contribution in [0.3, 0.4) is 0 Å². The number of aromatic amines is 1. The Morgan fingerprint density at radius 3 is 2.50 bits per heavy atom. The highest BCUT2D eigenvalue weighted by Crippen LogP contribution is 2.34. The predicted molar refractivity (Wildman–Crippen MR) is 76.4 cm³/mol. The van der Waals surface area contributed by atoms with E-state index in [9.17, 15) is 4.39 Å². The second-order valence-corrected chi connectivity index (χ2v) is 4.96. The van der Waals surface area contributed by atoms with Crippen LogP contribution in [-0.4, -0.2) is 19.9 Å². The average Bonchev–Trinajstić information content (AvgIpc) is 2.81. The molecule has 2 aromatic heterocycles. The van der Waals surface area contributed by atoms with Crippen molar-refractivity contribution in [1.82, 2.24) is 19.9 Å². The van der Waals surface area contributed by atoms with E-state index in [1.807, 2.05) is 0 Å². The summed E-state index contributed by atoms with van der Waals surface area (Å²) in [6.07, 6.45) is 1.45. The zero-order valence-electron chi connectivity index (χ0n) is 9.59. The first-order valence-corrected chi connectivity index (χ1v) is 6.46. The van der Waals surface area contributed by atoms with Crippen molar-refractivity contribution in [2.24, 2.45) is 0 Å². The van der Waals surface area contributed by atoms with Gasteiger partial charge in [0.1, 0.15) is 11.3 Å². The summed E-state index contributed by atoms with van der Waals surface area (Å²) in [5.41, 5.74) is 1.24. The molecule has 20 heavy (non-hydrogen) atoms. The molecule has 1 aromatic carbocycles. The molecule has 5 nitrogen and oxygen atoms in total. The van der Waals surface area contributed by atoms with Crippen LogP contribution in [0, 0.1) is 5.82 Å². The Morgan fingerprint density at radius 2 is 1.80 bits per heavy atom. The molecule has 0 spiro atoms. The maximum Gasteiger partial charge on any atom is 0.226 e. The minimum Gasteiger partial charge on any atom is -0.340 e. The van der Waals surface area contributed by atoms with Crippen LogP contribution >= 0.6 is 34.8 Å². The summed E-state index contributed by atoms with van der Waals surface area (Å²) in [4.78, 5) is 14.8. The number of imidazole rings is 1. The van der Waals surface area contributed by atoms with Crippen LogP contribution in [0.1, 0.15) is 0 Å². The average molecular weight is 333 g/mol. The van der Waals surface area contributed by atoms with Gasteiger partial charge in [0.2, 0.25) is 5.28 Å². The number of anilines is 2. The summed E-state index contributed by atoms with van der Waals surface area (Å²) in [6.45, 7) is 0. The SMILES string of the molecule is Fc1cc(Cl)c(Nc2nc(Cl)nc3nc[nH]c23)c(Cl)c1. The lowest BCUT2D eigenvalue weighted by Crippen LogP contribution is -1.99. The Labute approximate surface area is 127 Å². The van der Waals surface area contributed by atoms with Crippen molar-refractivity contribution in [3.05, 3.63) is 39.6 Å². The van der Waals surface area contributed by atoms with Gasteiger partial charge in [-0.25, -0.2) is 9.37 Å². The fourth-order valence-corrected chi connectivity index (χ4v) is 2.40. The molecule has 0 atom stereocenters. The maximum absolute atomic E-state index is 13.2. The Balaban J connectivity index is 2.12.